The first-order chi connectivity index (χ1) is 17.1. The predicted molar refractivity (Wildman–Crippen MR) is 136 cm³/mol. The van der Waals surface area contributed by atoms with E-state index in [0.717, 1.165) is 27.5 Å². The normalized spacial score (nSPS) is 15.2. The minimum absolute atomic E-state index is 0.238. The summed E-state index contributed by atoms with van der Waals surface area (Å²) >= 11 is 1.59. The molecule has 35 heavy (non-hydrogen) atoms. The van der Waals surface area contributed by atoms with Crippen molar-refractivity contribution in [2.45, 2.75) is 19.4 Å². The quantitative estimate of drug-likeness (QED) is 0.297. The predicted octanol–water partition coefficient (Wildman–Crippen LogP) is 4.89. The number of methoxy groups -OCH3 is 2. The number of nitrogens with zero attached hydrogens (tertiary/aromatic N) is 3. The van der Waals surface area contributed by atoms with Crippen molar-refractivity contribution >= 4 is 29.2 Å². The highest BCUT2D eigenvalue weighted by molar-refractivity contribution is 7.12. The minimum Gasteiger partial charge on any atom is -0.494 e. The van der Waals surface area contributed by atoms with Gasteiger partial charge < -0.3 is 19.0 Å². The van der Waals surface area contributed by atoms with Crippen LogP contribution in [-0.2, 0) is 9.63 Å². The average molecular weight is 494 g/mol. The molecule has 1 atom stereocenters. The lowest BCUT2D eigenvalue weighted by Gasteiger charge is -2.22. The number of carbonyl (C=O) groups excluding carboxylic acids is 1. The van der Waals surface area contributed by atoms with Crippen molar-refractivity contribution in [2.24, 2.45) is 10.3 Å². The van der Waals surface area contributed by atoms with Crippen molar-refractivity contribution in [1.82, 2.24) is 5.01 Å². The third kappa shape index (κ3) is 5.81. The fourth-order valence-corrected chi connectivity index (χ4v) is 4.45. The van der Waals surface area contributed by atoms with Crippen molar-refractivity contribution < 1.29 is 23.8 Å². The number of hydrogen-bond acceptors (Lipinski definition) is 8. The van der Waals surface area contributed by atoms with Crippen LogP contribution in [0.4, 0.5) is 0 Å². The van der Waals surface area contributed by atoms with Gasteiger partial charge in [0.15, 0.2) is 18.1 Å². The van der Waals surface area contributed by atoms with Gasteiger partial charge in [-0.05, 0) is 65.9 Å². The Morgan fingerprint density at radius 3 is 2.63 bits per heavy atom. The molecule has 1 aliphatic heterocycles. The van der Waals surface area contributed by atoms with Gasteiger partial charge >= 0.3 is 0 Å². The van der Waals surface area contributed by atoms with Crippen molar-refractivity contribution in [2.75, 3.05) is 27.4 Å². The molecule has 0 fully saturated rings. The Morgan fingerprint density at radius 2 is 1.94 bits per heavy atom. The summed E-state index contributed by atoms with van der Waals surface area (Å²) < 4.78 is 16.2. The second kappa shape index (κ2) is 11.5. The zero-order chi connectivity index (χ0) is 24.6. The Morgan fingerprint density at radius 1 is 1.14 bits per heavy atom. The van der Waals surface area contributed by atoms with E-state index < -0.39 is 0 Å². The summed E-state index contributed by atoms with van der Waals surface area (Å²) in [6.45, 7) is 2.30. The highest BCUT2D eigenvalue weighted by Crippen LogP contribution is 2.37. The van der Waals surface area contributed by atoms with Crippen LogP contribution in [0.1, 0.15) is 35.4 Å². The molecule has 0 saturated carbocycles. The lowest BCUT2D eigenvalue weighted by Crippen LogP contribution is -2.30. The van der Waals surface area contributed by atoms with Crippen LogP contribution in [0.2, 0.25) is 0 Å². The van der Waals surface area contributed by atoms with Crippen LogP contribution in [0.25, 0.3) is 0 Å². The molecule has 1 aromatic heterocycles. The first kappa shape index (κ1) is 24.3. The molecule has 0 aliphatic carbocycles. The van der Waals surface area contributed by atoms with Crippen LogP contribution in [0.3, 0.4) is 0 Å². The standard InChI is InChI=1S/C26H27N3O5S/c1-4-33-20-10-7-18(8-11-20)16-27-34-17-26(30)29-22(15-21(28-29)25-6-5-13-35-25)19-9-12-23(31-2)24(14-19)32-3/h5-14,16,22H,4,15,17H2,1-3H3/b27-16+. The van der Waals surface area contributed by atoms with Crippen molar-refractivity contribution in [3.05, 3.63) is 76.0 Å². The van der Waals surface area contributed by atoms with Gasteiger partial charge in [-0.1, -0.05) is 17.3 Å². The summed E-state index contributed by atoms with van der Waals surface area (Å²) in [7, 11) is 3.18. The maximum Gasteiger partial charge on any atom is 0.283 e. The molecule has 0 spiro atoms. The summed E-state index contributed by atoms with van der Waals surface area (Å²) in [5.41, 5.74) is 2.58. The van der Waals surface area contributed by atoms with E-state index in [-0.39, 0.29) is 18.6 Å². The number of hydrazone groups is 1. The molecule has 182 valence electrons. The lowest BCUT2D eigenvalue weighted by atomic mass is 10.0. The number of thiophene rings is 1. The number of carbonyl (C=O) groups is 1. The monoisotopic (exact) mass is 493 g/mol. The number of amides is 1. The summed E-state index contributed by atoms with van der Waals surface area (Å²) in [6, 6.07) is 16.7. The van der Waals surface area contributed by atoms with E-state index in [0.29, 0.717) is 24.5 Å². The van der Waals surface area contributed by atoms with Crippen LogP contribution >= 0.6 is 11.3 Å². The molecule has 0 saturated heterocycles. The molecular formula is C26H27N3O5S. The number of rotatable bonds is 10. The molecule has 0 N–H and O–H groups in total. The third-order valence-electron chi connectivity index (χ3n) is 5.42. The molecule has 0 radical (unpaired) electrons. The fraction of sp³-hybridized carbons (Fsp3) is 0.269. The molecule has 1 amide bonds. The molecule has 3 aromatic rings. The van der Waals surface area contributed by atoms with E-state index in [4.69, 9.17) is 19.0 Å². The Kier molecular flexibility index (Phi) is 7.99. The van der Waals surface area contributed by atoms with Gasteiger partial charge in [0.2, 0.25) is 0 Å². The first-order valence-corrected chi connectivity index (χ1v) is 12.0. The Bertz CT molecular complexity index is 1190. The van der Waals surface area contributed by atoms with Gasteiger partial charge in [-0.15, -0.1) is 11.3 Å². The average Bonchev–Trinajstić information content (AvgIpc) is 3.58. The summed E-state index contributed by atoms with van der Waals surface area (Å²) in [5, 5.41) is 12.1. The van der Waals surface area contributed by atoms with Gasteiger partial charge in [0.1, 0.15) is 5.75 Å². The van der Waals surface area contributed by atoms with E-state index >= 15 is 0 Å². The second-order valence-corrected chi connectivity index (χ2v) is 8.55. The fourth-order valence-electron chi connectivity index (χ4n) is 3.73. The van der Waals surface area contributed by atoms with Gasteiger partial charge in [-0.3, -0.25) is 4.79 Å². The van der Waals surface area contributed by atoms with Crippen LogP contribution in [-0.4, -0.2) is 50.3 Å². The number of ether oxygens (including phenoxy) is 3. The SMILES string of the molecule is CCOc1ccc(/C=N/OCC(=O)N2N=C(c3cccs3)CC2c2ccc(OC)c(OC)c2)cc1. The highest BCUT2D eigenvalue weighted by Gasteiger charge is 2.34. The van der Waals surface area contributed by atoms with Crippen LogP contribution < -0.4 is 14.2 Å². The smallest absolute Gasteiger partial charge is 0.283 e. The van der Waals surface area contributed by atoms with Crippen LogP contribution in [0.5, 0.6) is 17.2 Å². The van der Waals surface area contributed by atoms with Crippen molar-refractivity contribution in [3.8, 4) is 17.2 Å². The topological polar surface area (TPSA) is 82.0 Å². The first-order valence-electron chi connectivity index (χ1n) is 11.2. The Balaban J connectivity index is 1.47. The highest BCUT2D eigenvalue weighted by atomic mass is 32.1. The molecule has 2 heterocycles. The van der Waals surface area contributed by atoms with E-state index in [2.05, 4.69) is 10.3 Å². The zero-order valence-corrected chi connectivity index (χ0v) is 20.7. The third-order valence-corrected chi connectivity index (χ3v) is 6.34. The van der Waals surface area contributed by atoms with Gasteiger partial charge in [0.25, 0.3) is 5.91 Å². The van der Waals surface area contributed by atoms with E-state index in [9.17, 15) is 4.79 Å². The molecule has 1 unspecified atom stereocenters. The van der Waals surface area contributed by atoms with E-state index in [1.54, 1.807) is 31.8 Å². The summed E-state index contributed by atoms with van der Waals surface area (Å²) in [4.78, 5) is 19.4. The van der Waals surface area contributed by atoms with Crippen molar-refractivity contribution in [3.63, 3.8) is 0 Å². The summed E-state index contributed by atoms with van der Waals surface area (Å²) in [6.07, 6.45) is 2.14. The van der Waals surface area contributed by atoms with Gasteiger partial charge in [-0.2, -0.15) is 5.10 Å². The van der Waals surface area contributed by atoms with E-state index in [1.165, 1.54) is 5.01 Å². The lowest BCUT2D eigenvalue weighted by molar-refractivity contribution is -0.137. The number of hydrogen-bond donors (Lipinski definition) is 0. The largest absolute Gasteiger partial charge is 0.494 e. The van der Waals surface area contributed by atoms with Gasteiger partial charge in [0, 0.05) is 6.42 Å². The summed E-state index contributed by atoms with van der Waals surface area (Å²) in [5.74, 6) is 1.72. The van der Waals surface area contributed by atoms with Crippen LogP contribution in [0.15, 0.2) is 70.2 Å². The Hall–Kier alpha value is -3.85. The zero-order valence-electron chi connectivity index (χ0n) is 19.8. The molecule has 9 heteroatoms. The van der Waals surface area contributed by atoms with Gasteiger partial charge in [-0.25, -0.2) is 5.01 Å². The Labute approximate surface area is 208 Å². The molecule has 8 nitrogen and oxygen atoms in total. The molecule has 2 aromatic carbocycles. The number of oxime groups is 1. The molecular weight excluding hydrogens is 466 g/mol. The molecule has 0 bridgehead atoms. The molecule has 4 rings (SSSR count). The maximum atomic E-state index is 13.1. The second-order valence-electron chi connectivity index (χ2n) is 7.61. The van der Waals surface area contributed by atoms with Gasteiger partial charge in [0.05, 0.1) is 43.7 Å². The van der Waals surface area contributed by atoms with Crippen molar-refractivity contribution in [1.29, 1.82) is 0 Å². The minimum atomic E-state index is -0.293. The van der Waals surface area contributed by atoms with E-state index in [1.807, 2.05) is 66.9 Å². The molecule has 1 aliphatic rings. The van der Waals surface area contributed by atoms with Crippen LogP contribution in [0, 0.1) is 0 Å². The maximum absolute atomic E-state index is 13.1. The number of benzene rings is 2.